The van der Waals surface area contributed by atoms with E-state index in [9.17, 15) is 0 Å². The smallest absolute Gasteiger partial charge is 0.182 e. The van der Waals surface area contributed by atoms with E-state index in [-0.39, 0.29) is 24.0 Å². The van der Waals surface area contributed by atoms with E-state index < -0.39 is 0 Å². The molecule has 0 spiro atoms. The van der Waals surface area contributed by atoms with Gasteiger partial charge in [0.2, 0.25) is 0 Å². The monoisotopic (exact) mass is 417 g/mol. The number of halogens is 1. The molecule has 0 atom stereocenters. The van der Waals surface area contributed by atoms with E-state index in [4.69, 9.17) is 4.74 Å². The zero-order chi connectivity index (χ0) is 15.2. The molecule has 0 unspecified atom stereocenters. The molecular formula is C20H20INO. The zero-order valence-electron chi connectivity index (χ0n) is 13.2. The van der Waals surface area contributed by atoms with E-state index in [0.29, 0.717) is 6.61 Å². The third-order valence-electron chi connectivity index (χ3n) is 3.61. The first-order valence-electron chi connectivity index (χ1n) is 7.55. The average molecular weight is 417 g/mol. The molecule has 3 rings (SSSR count). The molecule has 3 aromatic rings. The van der Waals surface area contributed by atoms with Gasteiger partial charge in [0.05, 0.1) is 0 Å². The summed E-state index contributed by atoms with van der Waals surface area (Å²) in [6.45, 7) is 3.58. The molecule has 0 N–H and O–H groups in total. The molecule has 118 valence electrons. The van der Waals surface area contributed by atoms with Crippen LogP contribution in [0.1, 0.15) is 5.56 Å². The number of pyridine rings is 1. The highest BCUT2D eigenvalue weighted by Gasteiger charge is 2.03. The highest BCUT2D eigenvalue weighted by Crippen LogP contribution is 2.16. The van der Waals surface area contributed by atoms with Gasteiger partial charge in [-0.15, -0.1) is 0 Å². The maximum Gasteiger partial charge on any atom is 0.182 e. The lowest BCUT2D eigenvalue weighted by Crippen LogP contribution is -3.00. The van der Waals surface area contributed by atoms with Crippen LogP contribution in [-0.4, -0.2) is 6.61 Å². The van der Waals surface area contributed by atoms with Gasteiger partial charge in [-0.2, -0.15) is 0 Å². The number of hydrogen-bond donors (Lipinski definition) is 0. The fraction of sp³-hybridized carbons (Fsp3) is 0.150. The zero-order valence-corrected chi connectivity index (χ0v) is 15.3. The van der Waals surface area contributed by atoms with Crippen LogP contribution in [0.2, 0.25) is 0 Å². The van der Waals surface area contributed by atoms with Crippen molar-refractivity contribution >= 4 is 0 Å². The van der Waals surface area contributed by atoms with Crippen LogP contribution in [0.25, 0.3) is 11.1 Å². The lowest BCUT2D eigenvalue weighted by molar-refractivity contribution is -0.697. The Morgan fingerprint density at radius 2 is 1.52 bits per heavy atom. The molecule has 0 radical (unpaired) electrons. The van der Waals surface area contributed by atoms with Crippen LogP contribution in [0.15, 0.2) is 79.1 Å². The van der Waals surface area contributed by atoms with E-state index in [1.807, 2.05) is 18.2 Å². The van der Waals surface area contributed by atoms with Gasteiger partial charge in [-0.25, -0.2) is 4.57 Å². The van der Waals surface area contributed by atoms with Gasteiger partial charge in [-0.3, -0.25) is 0 Å². The minimum atomic E-state index is 0. The summed E-state index contributed by atoms with van der Waals surface area (Å²) in [5.41, 5.74) is 3.69. The maximum absolute atomic E-state index is 5.78. The summed E-state index contributed by atoms with van der Waals surface area (Å²) in [5, 5.41) is 0. The van der Waals surface area contributed by atoms with Crippen molar-refractivity contribution in [3.63, 3.8) is 0 Å². The molecular weight excluding hydrogens is 397 g/mol. The van der Waals surface area contributed by atoms with Crippen molar-refractivity contribution in [2.24, 2.45) is 0 Å². The van der Waals surface area contributed by atoms with Gasteiger partial charge in [0.25, 0.3) is 0 Å². The Labute approximate surface area is 154 Å². The van der Waals surface area contributed by atoms with Crippen molar-refractivity contribution in [1.82, 2.24) is 0 Å². The highest BCUT2D eigenvalue weighted by atomic mass is 127. The second-order valence-electron chi connectivity index (χ2n) is 5.36. The molecule has 2 nitrogen and oxygen atoms in total. The second kappa shape index (κ2) is 8.67. The Bertz CT molecular complexity index is 726. The number of rotatable bonds is 5. The average Bonchev–Trinajstić information content (AvgIpc) is 2.56. The minimum Gasteiger partial charge on any atom is -1.00 e. The summed E-state index contributed by atoms with van der Waals surface area (Å²) in [7, 11) is 0. The number of nitrogens with zero attached hydrogens (tertiary/aromatic N) is 1. The summed E-state index contributed by atoms with van der Waals surface area (Å²) < 4.78 is 7.93. The second-order valence-corrected chi connectivity index (χ2v) is 5.36. The Hall–Kier alpha value is -1.88. The maximum atomic E-state index is 5.78. The number of hydrogen-bond acceptors (Lipinski definition) is 1. The van der Waals surface area contributed by atoms with Gasteiger partial charge in [0.1, 0.15) is 12.4 Å². The molecule has 2 aromatic carbocycles. The van der Waals surface area contributed by atoms with Crippen molar-refractivity contribution in [2.75, 3.05) is 6.61 Å². The number of aromatic nitrogens is 1. The van der Waals surface area contributed by atoms with E-state index in [0.717, 1.165) is 12.3 Å². The quantitative estimate of drug-likeness (QED) is 0.447. The third-order valence-corrected chi connectivity index (χ3v) is 3.61. The summed E-state index contributed by atoms with van der Waals surface area (Å²) in [6.07, 6.45) is 4.20. The molecule has 0 saturated carbocycles. The van der Waals surface area contributed by atoms with Crippen LogP contribution in [0.4, 0.5) is 0 Å². The fourth-order valence-corrected chi connectivity index (χ4v) is 2.40. The molecule has 0 bridgehead atoms. The first-order chi connectivity index (χ1) is 10.8. The van der Waals surface area contributed by atoms with Crippen LogP contribution in [0.3, 0.4) is 0 Å². The Balaban J connectivity index is 0.00000192. The Morgan fingerprint density at radius 1 is 0.826 bits per heavy atom. The van der Waals surface area contributed by atoms with Crippen molar-refractivity contribution in [3.8, 4) is 16.9 Å². The molecule has 0 saturated heterocycles. The fourth-order valence-electron chi connectivity index (χ4n) is 2.40. The van der Waals surface area contributed by atoms with Crippen molar-refractivity contribution in [1.29, 1.82) is 0 Å². The lowest BCUT2D eigenvalue weighted by atomic mass is 10.1. The van der Waals surface area contributed by atoms with Crippen LogP contribution in [0.5, 0.6) is 5.75 Å². The molecule has 23 heavy (non-hydrogen) atoms. The van der Waals surface area contributed by atoms with Crippen molar-refractivity contribution in [3.05, 3.63) is 84.7 Å². The molecule has 0 aliphatic heterocycles. The van der Waals surface area contributed by atoms with Gasteiger partial charge in [0, 0.05) is 12.1 Å². The van der Waals surface area contributed by atoms with Gasteiger partial charge >= 0.3 is 0 Å². The van der Waals surface area contributed by atoms with E-state index in [1.54, 1.807) is 0 Å². The molecule has 3 heteroatoms. The molecule has 0 amide bonds. The van der Waals surface area contributed by atoms with E-state index >= 15 is 0 Å². The largest absolute Gasteiger partial charge is 1.00 e. The first-order valence-corrected chi connectivity index (χ1v) is 7.55. The summed E-state index contributed by atoms with van der Waals surface area (Å²) in [5.74, 6) is 0.932. The molecule has 0 fully saturated rings. The van der Waals surface area contributed by atoms with Crippen molar-refractivity contribution < 1.29 is 33.3 Å². The Kier molecular flexibility index (Phi) is 6.59. The standard InChI is InChI=1S/C20H20NO.HI/c1-17-6-5-9-20(16-17)22-15-14-21-12-10-19(11-13-21)18-7-3-2-4-8-18;/h2-13,16H,14-15H2,1H3;1H/q+1;/p-1. The van der Waals surface area contributed by atoms with E-state index in [1.165, 1.54) is 16.7 Å². The highest BCUT2D eigenvalue weighted by molar-refractivity contribution is 5.61. The van der Waals surface area contributed by atoms with Crippen LogP contribution < -0.4 is 33.3 Å². The minimum absolute atomic E-state index is 0. The van der Waals surface area contributed by atoms with Crippen molar-refractivity contribution in [2.45, 2.75) is 13.5 Å². The summed E-state index contributed by atoms with van der Waals surface area (Å²) in [4.78, 5) is 0. The molecule has 1 heterocycles. The van der Waals surface area contributed by atoms with Crippen LogP contribution >= 0.6 is 0 Å². The lowest BCUT2D eigenvalue weighted by Gasteiger charge is -2.05. The molecule has 0 aliphatic rings. The van der Waals surface area contributed by atoms with Crippen LogP contribution in [-0.2, 0) is 6.54 Å². The Morgan fingerprint density at radius 3 is 2.22 bits per heavy atom. The van der Waals surface area contributed by atoms with E-state index in [2.05, 4.69) is 72.4 Å². The molecule has 1 aromatic heterocycles. The summed E-state index contributed by atoms with van der Waals surface area (Å²) >= 11 is 0. The van der Waals surface area contributed by atoms with Gasteiger partial charge in [0.15, 0.2) is 18.9 Å². The molecule has 0 aliphatic carbocycles. The number of ether oxygens (including phenoxy) is 1. The third kappa shape index (κ3) is 5.06. The van der Waals surface area contributed by atoms with Gasteiger partial charge in [-0.05, 0) is 35.7 Å². The van der Waals surface area contributed by atoms with Gasteiger partial charge < -0.3 is 28.7 Å². The number of benzene rings is 2. The normalized spacial score (nSPS) is 9.96. The van der Waals surface area contributed by atoms with Crippen LogP contribution in [0, 0.1) is 6.92 Å². The SMILES string of the molecule is Cc1cccc(OCC[n+]2ccc(-c3ccccc3)cc2)c1.[I-]. The topological polar surface area (TPSA) is 13.1 Å². The first kappa shape index (κ1) is 17.5. The predicted octanol–water partition coefficient (Wildman–Crippen LogP) is 1.03. The summed E-state index contributed by atoms with van der Waals surface area (Å²) in [6, 6.07) is 22.8. The number of aryl methyl sites for hydroxylation is 1. The van der Waals surface area contributed by atoms with Gasteiger partial charge in [-0.1, -0.05) is 42.5 Å². The predicted molar refractivity (Wildman–Crippen MR) is 88.7 cm³/mol.